The molecule has 112 valence electrons. The molecule has 0 bridgehead atoms. The van der Waals surface area contributed by atoms with Crippen LogP contribution >= 0.6 is 0 Å². The molecule has 1 aliphatic heterocycles. The van der Waals surface area contributed by atoms with Crippen molar-refractivity contribution in [3.8, 4) is 0 Å². The SMILES string of the molecule is CCCS(=O)(=O)NCC1CCN(c2cccnc2)CC1. The van der Waals surface area contributed by atoms with Crippen LogP contribution in [0.4, 0.5) is 5.69 Å². The van der Waals surface area contributed by atoms with Gasteiger partial charge < -0.3 is 4.90 Å². The lowest BCUT2D eigenvalue weighted by molar-refractivity contribution is 0.402. The van der Waals surface area contributed by atoms with E-state index in [1.54, 1.807) is 6.20 Å². The summed E-state index contributed by atoms with van der Waals surface area (Å²) in [6, 6.07) is 4.01. The fraction of sp³-hybridized carbons (Fsp3) is 0.643. The monoisotopic (exact) mass is 297 g/mol. The Hall–Kier alpha value is -1.14. The lowest BCUT2D eigenvalue weighted by atomic mass is 9.97. The minimum atomic E-state index is -3.07. The highest BCUT2D eigenvalue weighted by molar-refractivity contribution is 7.89. The highest BCUT2D eigenvalue weighted by atomic mass is 32.2. The number of aromatic nitrogens is 1. The van der Waals surface area contributed by atoms with Crippen LogP contribution < -0.4 is 9.62 Å². The molecule has 5 nitrogen and oxygen atoms in total. The average molecular weight is 297 g/mol. The van der Waals surface area contributed by atoms with E-state index in [-0.39, 0.29) is 5.75 Å². The van der Waals surface area contributed by atoms with E-state index in [1.807, 2.05) is 19.2 Å². The maximum absolute atomic E-state index is 11.6. The van der Waals surface area contributed by atoms with E-state index in [2.05, 4.69) is 20.7 Å². The van der Waals surface area contributed by atoms with Crippen LogP contribution in [0.25, 0.3) is 0 Å². The highest BCUT2D eigenvalue weighted by Gasteiger charge is 2.21. The van der Waals surface area contributed by atoms with Crippen molar-refractivity contribution in [2.45, 2.75) is 26.2 Å². The molecule has 6 heteroatoms. The standard InChI is InChI=1S/C14H23N3O2S/c1-2-10-20(18,19)16-11-13-5-8-17(9-6-13)14-4-3-7-15-12-14/h3-4,7,12-13,16H,2,5-6,8-11H2,1H3. The second-order valence-electron chi connectivity index (χ2n) is 5.31. The summed E-state index contributed by atoms with van der Waals surface area (Å²) in [5.74, 6) is 0.663. The Balaban J connectivity index is 1.77. The Bertz CT molecular complexity index is 496. The van der Waals surface area contributed by atoms with Crippen LogP contribution in [-0.2, 0) is 10.0 Å². The summed E-state index contributed by atoms with van der Waals surface area (Å²) in [5.41, 5.74) is 1.15. The molecule has 1 aromatic rings. The second-order valence-corrected chi connectivity index (χ2v) is 7.24. The van der Waals surface area contributed by atoms with E-state index >= 15 is 0 Å². The Kier molecular flexibility index (Phi) is 5.37. The normalized spacial score (nSPS) is 17.4. The predicted molar refractivity (Wildman–Crippen MR) is 81.3 cm³/mol. The molecular weight excluding hydrogens is 274 g/mol. The molecule has 0 atom stereocenters. The van der Waals surface area contributed by atoms with Crippen molar-refractivity contribution in [1.29, 1.82) is 0 Å². The molecule has 0 aromatic carbocycles. The van der Waals surface area contributed by atoms with Crippen molar-refractivity contribution in [1.82, 2.24) is 9.71 Å². The Morgan fingerprint density at radius 2 is 2.15 bits per heavy atom. The Morgan fingerprint density at radius 1 is 1.40 bits per heavy atom. The molecule has 1 aromatic heterocycles. The number of nitrogens with zero attached hydrogens (tertiary/aromatic N) is 2. The molecule has 0 saturated carbocycles. The van der Waals surface area contributed by atoms with Crippen LogP contribution in [0.1, 0.15) is 26.2 Å². The molecule has 2 rings (SSSR count). The summed E-state index contributed by atoms with van der Waals surface area (Å²) in [6.45, 7) is 4.38. The second kappa shape index (κ2) is 7.04. The third kappa shape index (κ3) is 4.45. The third-order valence-electron chi connectivity index (χ3n) is 3.69. The van der Waals surface area contributed by atoms with Crippen molar-refractivity contribution >= 4 is 15.7 Å². The molecule has 1 aliphatic rings. The van der Waals surface area contributed by atoms with Gasteiger partial charge in [0, 0.05) is 25.8 Å². The maximum atomic E-state index is 11.6. The molecule has 0 amide bonds. The summed E-state index contributed by atoms with van der Waals surface area (Å²) in [4.78, 5) is 6.44. The first-order chi connectivity index (χ1) is 9.61. The molecule has 20 heavy (non-hydrogen) atoms. The molecule has 1 N–H and O–H groups in total. The van der Waals surface area contributed by atoms with Gasteiger partial charge in [-0.3, -0.25) is 4.98 Å². The topological polar surface area (TPSA) is 62.3 Å². The smallest absolute Gasteiger partial charge is 0.211 e. The zero-order valence-corrected chi connectivity index (χ0v) is 12.8. The summed E-state index contributed by atoms with van der Waals surface area (Å²) in [5, 5.41) is 0. The first-order valence-corrected chi connectivity index (χ1v) is 8.88. The summed E-state index contributed by atoms with van der Waals surface area (Å²) in [7, 11) is -3.07. The number of nitrogens with one attached hydrogen (secondary N) is 1. The van der Waals surface area contributed by atoms with Crippen molar-refractivity contribution in [3.05, 3.63) is 24.5 Å². The van der Waals surface area contributed by atoms with Gasteiger partial charge in [0.25, 0.3) is 0 Å². The molecule has 2 heterocycles. The summed E-state index contributed by atoms with van der Waals surface area (Å²) in [6.07, 6.45) is 6.35. The van der Waals surface area contributed by atoms with Gasteiger partial charge in [-0.2, -0.15) is 0 Å². The minimum absolute atomic E-state index is 0.224. The van der Waals surface area contributed by atoms with Crippen LogP contribution in [0.3, 0.4) is 0 Å². The van der Waals surface area contributed by atoms with Gasteiger partial charge in [-0.25, -0.2) is 13.1 Å². The lowest BCUT2D eigenvalue weighted by Gasteiger charge is -2.33. The summed E-state index contributed by atoms with van der Waals surface area (Å²) >= 11 is 0. The van der Waals surface area contributed by atoms with Crippen LogP contribution in [-0.4, -0.2) is 38.8 Å². The van der Waals surface area contributed by atoms with Gasteiger partial charge in [-0.1, -0.05) is 6.92 Å². The number of sulfonamides is 1. The Labute approximate surface area is 121 Å². The van der Waals surface area contributed by atoms with Crippen molar-refractivity contribution in [2.24, 2.45) is 5.92 Å². The zero-order chi connectivity index (χ0) is 14.4. The van der Waals surface area contributed by atoms with Gasteiger partial charge >= 0.3 is 0 Å². The molecule has 0 spiro atoms. The third-order valence-corrected chi connectivity index (χ3v) is 5.24. The van der Waals surface area contributed by atoms with Gasteiger partial charge in [0.05, 0.1) is 17.6 Å². The molecule has 0 radical (unpaired) electrons. The number of piperidine rings is 1. The number of pyridine rings is 1. The molecular formula is C14H23N3O2S. The zero-order valence-electron chi connectivity index (χ0n) is 12.0. The maximum Gasteiger partial charge on any atom is 0.211 e. The van der Waals surface area contributed by atoms with E-state index in [9.17, 15) is 8.42 Å². The fourth-order valence-corrected chi connectivity index (χ4v) is 3.69. The first kappa shape index (κ1) is 15.3. The first-order valence-electron chi connectivity index (χ1n) is 7.23. The average Bonchev–Trinajstić information content (AvgIpc) is 2.47. The molecule has 0 aliphatic carbocycles. The molecule has 1 fully saturated rings. The van der Waals surface area contributed by atoms with Gasteiger partial charge in [-0.15, -0.1) is 0 Å². The van der Waals surface area contributed by atoms with E-state index < -0.39 is 10.0 Å². The van der Waals surface area contributed by atoms with Crippen molar-refractivity contribution in [2.75, 3.05) is 30.3 Å². The largest absolute Gasteiger partial charge is 0.370 e. The quantitative estimate of drug-likeness (QED) is 0.867. The number of rotatable bonds is 6. The van der Waals surface area contributed by atoms with Crippen molar-refractivity contribution in [3.63, 3.8) is 0 Å². The number of hydrogen-bond acceptors (Lipinski definition) is 4. The molecule has 0 unspecified atom stereocenters. The predicted octanol–water partition coefficient (Wildman–Crippen LogP) is 1.63. The van der Waals surface area contributed by atoms with Gasteiger partial charge in [-0.05, 0) is 37.3 Å². The van der Waals surface area contributed by atoms with Crippen LogP contribution in [0, 0.1) is 5.92 Å². The molecule has 1 saturated heterocycles. The number of hydrogen-bond donors (Lipinski definition) is 1. The fourth-order valence-electron chi connectivity index (χ4n) is 2.52. The highest BCUT2D eigenvalue weighted by Crippen LogP contribution is 2.22. The Morgan fingerprint density at radius 3 is 2.75 bits per heavy atom. The van der Waals surface area contributed by atoms with Gasteiger partial charge in [0.2, 0.25) is 10.0 Å². The minimum Gasteiger partial charge on any atom is -0.370 e. The van der Waals surface area contributed by atoms with Crippen molar-refractivity contribution < 1.29 is 8.42 Å². The number of anilines is 1. The lowest BCUT2D eigenvalue weighted by Crippen LogP contribution is -2.39. The van der Waals surface area contributed by atoms with E-state index in [1.165, 1.54) is 0 Å². The van der Waals surface area contributed by atoms with E-state index in [0.29, 0.717) is 18.9 Å². The van der Waals surface area contributed by atoms with Gasteiger partial charge in [0.15, 0.2) is 0 Å². The summed E-state index contributed by atoms with van der Waals surface area (Å²) < 4.78 is 26.0. The van der Waals surface area contributed by atoms with Crippen LogP contribution in [0.15, 0.2) is 24.5 Å². The van der Waals surface area contributed by atoms with E-state index in [0.717, 1.165) is 31.6 Å². The van der Waals surface area contributed by atoms with Crippen LogP contribution in [0.5, 0.6) is 0 Å². The van der Waals surface area contributed by atoms with Gasteiger partial charge in [0.1, 0.15) is 0 Å². The van der Waals surface area contributed by atoms with E-state index in [4.69, 9.17) is 0 Å². The van der Waals surface area contributed by atoms with Crippen LogP contribution in [0.2, 0.25) is 0 Å².